The Labute approximate surface area is 100 Å². The monoisotopic (exact) mass is 236 g/mol. The van der Waals surface area contributed by atoms with Crippen molar-refractivity contribution in [2.45, 2.75) is 25.4 Å². The molecule has 1 aromatic heterocycles. The molecule has 1 aromatic rings. The molecule has 2 rings (SSSR count). The molecular formula is C12H16N2O3. The minimum Gasteiger partial charge on any atom is -0.381 e. The number of aromatic nitrogens is 2. The molecule has 5 heteroatoms. The van der Waals surface area contributed by atoms with E-state index in [1.807, 2.05) is 6.92 Å². The maximum atomic E-state index is 10.7. The second kappa shape index (κ2) is 5.33. The molecular weight excluding hydrogens is 220 g/mol. The molecule has 1 aliphatic heterocycles. The highest BCUT2D eigenvalue weighted by Gasteiger charge is 2.38. The van der Waals surface area contributed by atoms with Crippen LogP contribution in [0.1, 0.15) is 36.1 Å². The Balaban J connectivity index is 2.33. The van der Waals surface area contributed by atoms with E-state index in [0.29, 0.717) is 31.3 Å². The molecule has 92 valence electrons. The van der Waals surface area contributed by atoms with E-state index in [4.69, 9.17) is 9.47 Å². The van der Waals surface area contributed by atoms with Crippen molar-refractivity contribution in [3.05, 3.63) is 23.8 Å². The first-order valence-electron chi connectivity index (χ1n) is 5.81. The summed E-state index contributed by atoms with van der Waals surface area (Å²) in [6.45, 7) is 3.80. The van der Waals surface area contributed by atoms with Gasteiger partial charge >= 0.3 is 0 Å². The fourth-order valence-electron chi connectivity index (χ4n) is 2.07. The zero-order chi connectivity index (χ0) is 12.1. The van der Waals surface area contributed by atoms with Crippen molar-refractivity contribution in [1.82, 2.24) is 9.97 Å². The average Bonchev–Trinajstić information content (AvgIpc) is 2.40. The lowest BCUT2D eigenvalue weighted by atomic mass is 9.93. The van der Waals surface area contributed by atoms with Crippen molar-refractivity contribution < 1.29 is 14.3 Å². The molecule has 0 unspecified atom stereocenters. The van der Waals surface area contributed by atoms with Crippen LogP contribution in [0.3, 0.4) is 0 Å². The van der Waals surface area contributed by atoms with E-state index in [0.717, 1.165) is 19.1 Å². The summed E-state index contributed by atoms with van der Waals surface area (Å²) in [7, 11) is 0. The Morgan fingerprint density at radius 1 is 1.53 bits per heavy atom. The second-order valence-corrected chi connectivity index (χ2v) is 3.96. The quantitative estimate of drug-likeness (QED) is 0.738. The number of carbonyl (C=O) groups is 1. The molecule has 2 heterocycles. The van der Waals surface area contributed by atoms with Gasteiger partial charge in [0.1, 0.15) is 11.3 Å². The van der Waals surface area contributed by atoms with E-state index < -0.39 is 5.60 Å². The van der Waals surface area contributed by atoms with Crippen molar-refractivity contribution in [2.24, 2.45) is 0 Å². The summed E-state index contributed by atoms with van der Waals surface area (Å²) < 4.78 is 11.2. The molecule has 0 radical (unpaired) electrons. The predicted molar refractivity (Wildman–Crippen MR) is 60.8 cm³/mol. The van der Waals surface area contributed by atoms with E-state index in [-0.39, 0.29) is 0 Å². The van der Waals surface area contributed by atoms with E-state index in [1.165, 1.54) is 0 Å². The highest BCUT2D eigenvalue weighted by Crippen LogP contribution is 2.33. The zero-order valence-electron chi connectivity index (χ0n) is 9.89. The predicted octanol–water partition coefficient (Wildman–Crippen LogP) is 1.33. The van der Waals surface area contributed by atoms with Gasteiger partial charge in [-0.25, -0.2) is 9.97 Å². The van der Waals surface area contributed by atoms with Gasteiger partial charge in [-0.1, -0.05) is 0 Å². The molecule has 0 amide bonds. The first kappa shape index (κ1) is 12.1. The Morgan fingerprint density at radius 3 is 2.94 bits per heavy atom. The minimum absolute atomic E-state index is 0.389. The molecule has 1 saturated heterocycles. The second-order valence-electron chi connectivity index (χ2n) is 3.96. The van der Waals surface area contributed by atoms with E-state index in [2.05, 4.69) is 9.97 Å². The fraction of sp³-hybridized carbons (Fsp3) is 0.583. The minimum atomic E-state index is -0.494. The van der Waals surface area contributed by atoms with E-state index >= 15 is 0 Å². The lowest BCUT2D eigenvalue weighted by molar-refractivity contribution is -0.117. The molecule has 0 aliphatic carbocycles. The zero-order valence-corrected chi connectivity index (χ0v) is 9.89. The summed E-state index contributed by atoms with van der Waals surface area (Å²) in [6.07, 6.45) is 3.78. The van der Waals surface area contributed by atoms with Crippen LogP contribution in [-0.2, 0) is 15.1 Å². The molecule has 0 N–H and O–H groups in total. The van der Waals surface area contributed by atoms with Crippen molar-refractivity contribution in [3.8, 4) is 0 Å². The van der Waals surface area contributed by atoms with Gasteiger partial charge in [0.25, 0.3) is 0 Å². The van der Waals surface area contributed by atoms with Crippen molar-refractivity contribution in [1.29, 1.82) is 0 Å². The number of ether oxygens (including phenoxy) is 2. The highest BCUT2D eigenvalue weighted by atomic mass is 16.5. The standard InChI is InChI=1S/C12H16N2O3/c1-2-17-12(4-7-16-8-5-12)11-13-6-3-10(9-15)14-11/h3,6,9H,2,4-5,7-8H2,1H3. The van der Waals surface area contributed by atoms with Crippen molar-refractivity contribution in [2.75, 3.05) is 19.8 Å². The first-order valence-corrected chi connectivity index (χ1v) is 5.81. The van der Waals surface area contributed by atoms with Gasteiger partial charge in [-0.15, -0.1) is 0 Å². The lowest BCUT2D eigenvalue weighted by Gasteiger charge is -2.35. The molecule has 0 bridgehead atoms. The fourth-order valence-corrected chi connectivity index (χ4v) is 2.07. The van der Waals surface area contributed by atoms with Gasteiger partial charge in [0, 0.05) is 38.9 Å². The number of rotatable bonds is 4. The Morgan fingerprint density at radius 2 is 2.29 bits per heavy atom. The molecule has 17 heavy (non-hydrogen) atoms. The van der Waals surface area contributed by atoms with Crippen LogP contribution in [0.5, 0.6) is 0 Å². The maximum Gasteiger partial charge on any atom is 0.168 e. The van der Waals surface area contributed by atoms with Crippen LogP contribution in [0.15, 0.2) is 12.3 Å². The largest absolute Gasteiger partial charge is 0.381 e. The first-order chi connectivity index (χ1) is 8.30. The topological polar surface area (TPSA) is 61.3 Å². The number of hydrogen-bond acceptors (Lipinski definition) is 5. The highest BCUT2D eigenvalue weighted by molar-refractivity contribution is 5.71. The van der Waals surface area contributed by atoms with Crippen LogP contribution >= 0.6 is 0 Å². The van der Waals surface area contributed by atoms with Crippen molar-refractivity contribution >= 4 is 6.29 Å². The summed E-state index contributed by atoms with van der Waals surface area (Å²) in [5.74, 6) is 0.590. The van der Waals surface area contributed by atoms with Crippen LogP contribution in [0, 0.1) is 0 Å². The third kappa shape index (κ3) is 2.50. The molecule has 1 fully saturated rings. The van der Waals surface area contributed by atoms with Crippen LogP contribution in [-0.4, -0.2) is 36.1 Å². The maximum absolute atomic E-state index is 10.7. The van der Waals surface area contributed by atoms with Crippen LogP contribution < -0.4 is 0 Å². The third-order valence-corrected chi connectivity index (χ3v) is 2.93. The summed E-state index contributed by atoms with van der Waals surface area (Å²) in [5, 5.41) is 0. The normalized spacial score (nSPS) is 18.9. The van der Waals surface area contributed by atoms with Crippen molar-refractivity contribution in [3.63, 3.8) is 0 Å². The third-order valence-electron chi connectivity index (χ3n) is 2.93. The summed E-state index contributed by atoms with van der Waals surface area (Å²) in [6, 6.07) is 1.59. The van der Waals surface area contributed by atoms with E-state index in [9.17, 15) is 4.79 Å². The van der Waals surface area contributed by atoms with Gasteiger partial charge in [-0.05, 0) is 13.0 Å². The van der Waals surface area contributed by atoms with Gasteiger partial charge in [-0.3, -0.25) is 4.79 Å². The Bertz CT molecular complexity index is 384. The Kier molecular flexibility index (Phi) is 3.81. The molecule has 0 aromatic carbocycles. The lowest BCUT2D eigenvalue weighted by Crippen LogP contribution is -2.38. The molecule has 0 saturated carbocycles. The average molecular weight is 236 g/mol. The van der Waals surface area contributed by atoms with Gasteiger partial charge in [0.05, 0.1) is 0 Å². The smallest absolute Gasteiger partial charge is 0.168 e. The van der Waals surface area contributed by atoms with Crippen LogP contribution in [0.25, 0.3) is 0 Å². The summed E-state index contributed by atoms with van der Waals surface area (Å²) in [5.41, 5.74) is -0.105. The van der Waals surface area contributed by atoms with Gasteiger partial charge in [0.2, 0.25) is 0 Å². The summed E-state index contributed by atoms with van der Waals surface area (Å²) in [4.78, 5) is 19.2. The number of hydrogen-bond donors (Lipinski definition) is 0. The van der Waals surface area contributed by atoms with E-state index in [1.54, 1.807) is 12.3 Å². The molecule has 5 nitrogen and oxygen atoms in total. The number of carbonyl (C=O) groups excluding carboxylic acids is 1. The van der Waals surface area contributed by atoms with Gasteiger partial charge in [0.15, 0.2) is 12.1 Å². The molecule has 0 atom stereocenters. The Hall–Kier alpha value is -1.33. The van der Waals surface area contributed by atoms with Gasteiger partial charge < -0.3 is 9.47 Å². The van der Waals surface area contributed by atoms with Gasteiger partial charge in [-0.2, -0.15) is 0 Å². The van der Waals surface area contributed by atoms with Crippen LogP contribution in [0.4, 0.5) is 0 Å². The summed E-state index contributed by atoms with van der Waals surface area (Å²) >= 11 is 0. The number of nitrogens with zero attached hydrogens (tertiary/aromatic N) is 2. The molecule has 1 aliphatic rings. The SMILES string of the molecule is CCOC1(c2nccc(C=O)n2)CCOCC1. The molecule has 0 spiro atoms. The van der Waals surface area contributed by atoms with Crippen LogP contribution in [0.2, 0.25) is 0 Å². The number of aldehydes is 1.